The van der Waals surface area contributed by atoms with Gasteiger partial charge in [-0.1, -0.05) is 31.5 Å². The Bertz CT molecular complexity index is 933. The Labute approximate surface area is 163 Å². The largest absolute Gasteiger partial charge is 0.497 e. The Morgan fingerprint density at radius 3 is 2.59 bits per heavy atom. The van der Waals surface area contributed by atoms with E-state index in [9.17, 15) is 4.79 Å². The van der Waals surface area contributed by atoms with Crippen LogP contribution in [-0.2, 0) is 6.42 Å². The highest BCUT2D eigenvalue weighted by atomic mass is 35.5. The van der Waals surface area contributed by atoms with Crippen LogP contribution in [-0.4, -0.2) is 23.2 Å². The minimum Gasteiger partial charge on any atom is -0.497 e. The number of rotatable bonds is 6. The molecule has 0 aliphatic carbocycles. The van der Waals surface area contributed by atoms with Crippen molar-refractivity contribution < 1.29 is 9.53 Å². The van der Waals surface area contributed by atoms with Gasteiger partial charge >= 0.3 is 0 Å². The van der Waals surface area contributed by atoms with Crippen molar-refractivity contribution in [2.24, 2.45) is 5.92 Å². The Balaban J connectivity index is 1.97. The van der Waals surface area contributed by atoms with Gasteiger partial charge in [0, 0.05) is 16.1 Å². The van der Waals surface area contributed by atoms with Crippen LogP contribution in [0.15, 0.2) is 48.5 Å². The smallest absolute Gasteiger partial charge is 0.255 e. The molecule has 0 spiro atoms. The van der Waals surface area contributed by atoms with E-state index in [2.05, 4.69) is 29.4 Å². The second-order valence-corrected chi connectivity index (χ2v) is 7.15. The van der Waals surface area contributed by atoms with Gasteiger partial charge in [0.05, 0.1) is 18.5 Å². The molecule has 0 aliphatic heterocycles. The van der Waals surface area contributed by atoms with Gasteiger partial charge in [0.15, 0.2) is 0 Å². The quantitative estimate of drug-likeness (QED) is 0.615. The van der Waals surface area contributed by atoms with Crippen LogP contribution in [0.2, 0.25) is 5.02 Å². The van der Waals surface area contributed by atoms with Crippen LogP contribution in [0.3, 0.4) is 0 Å². The van der Waals surface area contributed by atoms with Crippen LogP contribution in [0.25, 0.3) is 11.3 Å². The summed E-state index contributed by atoms with van der Waals surface area (Å²) in [6, 6.07) is 14.5. The first-order valence-electron chi connectivity index (χ1n) is 8.76. The highest BCUT2D eigenvalue weighted by molar-refractivity contribution is 6.31. The summed E-state index contributed by atoms with van der Waals surface area (Å²) in [5.41, 5.74) is 3.68. The third-order valence-electron chi connectivity index (χ3n) is 4.14. The van der Waals surface area contributed by atoms with E-state index in [1.54, 1.807) is 31.4 Å². The van der Waals surface area contributed by atoms with Crippen molar-refractivity contribution >= 4 is 23.2 Å². The van der Waals surface area contributed by atoms with Crippen molar-refractivity contribution in [3.63, 3.8) is 0 Å². The number of aromatic amines is 1. The van der Waals surface area contributed by atoms with Gasteiger partial charge in [-0.15, -0.1) is 0 Å². The number of ether oxygens (including phenoxy) is 1. The number of anilines is 1. The third-order valence-corrected chi connectivity index (χ3v) is 4.38. The number of halogens is 1. The van der Waals surface area contributed by atoms with Gasteiger partial charge < -0.3 is 10.1 Å². The fraction of sp³-hybridized carbons (Fsp3) is 0.238. The summed E-state index contributed by atoms with van der Waals surface area (Å²) in [6.07, 6.45) is 0.772. The van der Waals surface area contributed by atoms with E-state index in [0.717, 1.165) is 23.4 Å². The van der Waals surface area contributed by atoms with E-state index in [4.69, 9.17) is 16.3 Å². The number of methoxy groups -OCH3 is 1. The van der Waals surface area contributed by atoms with Gasteiger partial charge in [0.25, 0.3) is 5.91 Å². The predicted molar refractivity (Wildman–Crippen MR) is 109 cm³/mol. The number of nitrogens with one attached hydrogen (secondary N) is 2. The fourth-order valence-corrected chi connectivity index (χ4v) is 3.03. The van der Waals surface area contributed by atoms with E-state index in [0.29, 0.717) is 27.9 Å². The van der Waals surface area contributed by atoms with Gasteiger partial charge in [0.2, 0.25) is 0 Å². The van der Waals surface area contributed by atoms with Gasteiger partial charge in [-0.3, -0.25) is 9.89 Å². The maximum absolute atomic E-state index is 12.8. The Kier molecular flexibility index (Phi) is 5.81. The van der Waals surface area contributed by atoms with Crippen molar-refractivity contribution in [3.05, 3.63) is 64.8 Å². The van der Waals surface area contributed by atoms with Gasteiger partial charge in [0.1, 0.15) is 11.4 Å². The maximum atomic E-state index is 12.8. The normalized spacial score (nSPS) is 10.9. The summed E-state index contributed by atoms with van der Waals surface area (Å²) < 4.78 is 5.22. The Hall–Kier alpha value is -2.79. The number of carbonyl (C=O) groups is 1. The van der Waals surface area contributed by atoms with Gasteiger partial charge in [-0.05, 0) is 54.8 Å². The minimum absolute atomic E-state index is 0.223. The number of aromatic nitrogens is 2. The molecule has 140 valence electrons. The van der Waals surface area contributed by atoms with E-state index in [1.165, 1.54) is 0 Å². The number of H-pyrrole nitrogens is 1. The molecule has 1 aromatic heterocycles. The van der Waals surface area contributed by atoms with Crippen LogP contribution >= 0.6 is 11.6 Å². The molecule has 1 amide bonds. The molecule has 6 heteroatoms. The average Bonchev–Trinajstić information content (AvgIpc) is 3.03. The number of hydrogen-bond acceptors (Lipinski definition) is 3. The van der Waals surface area contributed by atoms with Gasteiger partial charge in [-0.2, -0.15) is 5.10 Å². The van der Waals surface area contributed by atoms with Crippen molar-refractivity contribution in [2.45, 2.75) is 20.3 Å². The molecule has 1 heterocycles. The molecule has 3 rings (SSSR count). The highest BCUT2D eigenvalue weighted by Gasteiger charge is 2.19. The first-order valence-corrected chi connectivity index (χ1v) is 9.14. The molecule has 0 saturated heterocycles. The zero-order valence-corrected chi connectivity index (χ0v) is 16.3. The monoisotopic (exact) mass is 383 g/mol. The fourth-order valence-electron chi connectivity index (χ4n) is 2.84. The average molecular weight is 384 g/mol. The van der Waals surface area contributed by atoms with Crippen molar-refractivity contribution in [3.8, 4) is 17.0 Å². The zero-order valence-electron chi connectivity index (χ0n) is 15.5. The number of hydrogen-bond donors (Lipinski definition) is 2. The van der Waals surface area contributed by atoms with E-state index in [1.807, 2.05) is 24.3 Å². The molecule has 0 saturated carbocycles. The molecule has 2 aromatic carbocycles. The molecule has 0 fully saturated rings. The van der Waals surface area contributed by atoms with Crippen LogP contribution in [0.4, 0.5) is 5.69 Å². The van der Waals surface area contributed by atoms with E-state index in [-0.39, 0.29) is 5.91 Å². The topological polar surface area (TPSA) is 67.0 Å². The molecule has 0 atom stereocenters. The summed E-state index contributed by atoms with van der Waals surface area (Å²) in [6.45, 7) is 4.24. The SMILES string of the molecule is COc1ccc(-c2n[nH]c(CC(C)C)c2NC(=O)c2cccc(Cl)c2)cc1. The lowest BCUT2D eigenvalue weighted by Crippen LogP contribution is -2.14. The Morgan fingerprint density at radius 2 is 1.96 bits per heavy atom. The van der Waals surface area contributed by atoms with E-state index < -0.39 is 0 Å². The molecular formula is C21H22ClN3O2. The van der Waals surface area contributed by atoms with Gasteiger partial charge in [-0.25, -0.2) is 0 Å². The lowest BCUT2D eigenvalue weighted by Gasteiger charge is -2.10. The molecule has 0 radical (unpaired) electrons. The molecule has 3 aromatic rings. The number of benzene rings is 2. The Morgan fingerprint density at radius 1 is 1.22 bits per heavy atom. The van der Waals surface area contributed by atoms with Crippen molar-refractivity contribution in [1.82, 2.24) is 10.2 Å². The van der Waals surface area contributed by atoms with Crippen LogP contribution < -0.4 is 10.1 Å². The van der Waals surface area contributed by atoms with Crippen molar-refractivity contribution in [1.29, 1.82) is 0 Å². The summed E-state index contributed by atoms with van der Waals surface area (Å²) >= 11 is 6.02. The minimum atomic E-state index is -0.223. The highest BCUT2D eigenvalue weighted by Crippen LogP contribution is 2.31. The number of nitrogens with zero attached hydrogens (tertiary/aromatic N) is 1. The summed E-state index contributed by atoms with van der Waals surface area (Å²) in [4.78, 5) is 12.8. The molecule has 5 nitrogen and oxygen atoms in total. The standard InChI is InChI=1S/C21H22ClN3O2/c1-13(2)11-18-20(23-21(26)15-5-4-6-16(22)12-15)19(25-24-18)14-7-9-17(27-3)10-8-14/h4-10,12-13H,11H2,1-3H3,(H,23,26)(H,24,25). The van der Waals surface area contributed by atoms with Crippen LogP contribution in [0.5, 0.6) is 5.75 Å². The molecular weight excluding hydrogens is 362 g/mol. The predicted octanol–water partition coefficient (Wildman–Crippen LogP) is 5.19. The molecule has 27 heavy (non-hydrogen) atoms. The zero-order chi connectivity index (χ0) is 19.4. The third kappa shape index (κ3) is 4.49. The van der Waals surface area contributed by atoms with Crippen LogP contribution in [0, 0.1) is 5.92 Å². The maximum Gasteiger partial charge on any atom is 0.255 e. The van der Waals surface area contributed by atoms with Crippen LogP contribution in [0.1, 0.15) is 29.9 Å². The first-order chi connectivity index (χ1) is 13.0. The van der Waals surface area contributed by atoms with Crippen molar-refractivity contribution in [2.75, 3.05) is 12.4 Å². The summed E-state index contributed by atoms with van der Waals surface area (Å²) in [7, 11) is 1.63. The number of amides is 1. The second-order valence-electron chi connectivity index (χ2n) is 6.72. The molecule has 2 N–H and O–H groups in total. The summed E-state index contributed by atoms with van der Waals surface area (Å²) in [5.74, 6) is 0.954. The summed E-state index contributed by atoms with van der Waals surface area (Å²) in [5, 5.41) is 11.1. The second kappa shape index (κ2) is 8.27. The van der Waals surface area contributed by atoms with E-state index >= 15 is 0 Å². The number of carbonyl (C=O) groups excluding carboxylic acids is 1. The molecule has 0 unspecified atom stereocenters. The lowest BCUT2D eigenvalue weighted by molar-refractivity contribution is 0.102. The molecule has 0 aliphatic rings. The molecule has 0 bridgehead atoms. The first kappa shape index (κ1) is 19.0. The lowest BCUT2D eigenvalue weighted by atomic mass is 10.0.